The molecule has 1 atom stereocenters. The highest BCUT2D eigenvalue weighted by molar-refractivity contribution is 5.62. The number of nitrogens with two attached hydrogens (primary N) is 2. The van der Waals surface area contributed by atoms with Gasteiger partial charge in [-0.15, -0.1) is 0 Å². The molecular formula is C13H16F3N7. The van der Waals surface area contributed by atoms with Crippen molar-refractivity contribution in [3.8, 4) is 11.4 Å². The van der Waals surface area contributed by atoms with E-state index in [4.69, 9.17) is 11.5 Å². The molecule has 3 heterocycles. The SMILES string of the molecule is C[C@]1(N)CCN(c2cc(-c3cc(C(F)(F)F)[nH]n3)nc(N)n2)C1. The van der Waals surface area contributed by atoms with Gasteiger partial charge in [-0.05, 0) is 19.4 Å². The second-order valence-electron chi connectivity index (χ2n) is 5.96. The Labute approximate surface area is 129 Å². The van der Waals surface area contributed by atoms with Crippen molar-refractivity contribution in [2.75, 3.05) is 23.7 Å². The normalized spacial score (nSPS) is 21.9. The van der Waals surface area contributed by atoms with Crippen LogP contribution in [-0.2, 0) is 6.18 Å². The number of nitrogens with one attached hydrogen (secondary N) is 1. The maximum Gasteiger partial charge on any atom is 0.432 e. The van der Waals surface area contributed by atoms with E-state index < -0.39 is 11.9 Å². The number of H-pyrrole nitrogens is 1. The standard InChI is InChI=1S/C13H16F3N7/c1-12(18)2-3-23(6-12)10-5-7(19-11(17)20-10)8-4-9(22-21-8)13(14,15)16/h4-5H,2-3,6,18H2,1H3,(H,21,22)(H2,17,19,20)/t12-/m0/s1. The van der Waals surface area contributed by atoms with Crippen molar-refractivity contribution in [1.29, 1.82) is 0 Å². The zero-order valence-corrected chi connectivity index (χ0v) is 12.4. The molecule has 1 aliphatic heterocycles. The number of aromatic nitrogens is 4. The van der Waals surface area contributed by atoms with Crippen LogP contribution < -0.4 is 16.4 Å². The van der Waals surface area contributed by atoms with Gasteiger partial charge < -0.3 is 16.4 Å². The molecule has 2 aromatic heterocycles. The van der Waals surface area contributed by atoms with Crippen molar-refractivity contribution in [2.45, 2.75) is 25.1 Å². The van der Waals surface area contributed by atoms with E-state index in [0.29, 0.717) is 18.9 Å². The highest BCUT2D eigenvalue weighted by Crippen LogP contribution is 2.31. The van der Waals surface area contributed by atoms with Gasteiger partial charge in [0.2, 0.25) is 5.95 Å². The summed E-state index contributed by atoms with van der Waals surface area (Å²) in [7, 11) is 0. The van der Waals surface area contributed by atoms with Crippen LogP contribution in [0.25, 0.3) is 11.4 Å². The lowest BCUT2D eigenvalue weighted by Crippen LogP contribution is -2.39. The molecule has 1 fully saturated rings. The number of rotatable bonds is 2. The molecule has 5 N–H and O–H groups in total. The van der Waals surface area contributed by atoms with E-state index in [9.17, 15) is 13.2 Å². The van der Waals surface area contributed by atoms with Crippen LogP contribution in [0, 0.1) is 0 Å². The summed E-state index contributed by atoms with van der Waals surface area (Å²) in [4.78, 5) is 10.0. The lowest BCUT2D eigenvalue weighted by Gasteiger charge is -2.21. The molecule has 2 aromatic rings. The first-order chi connectivity index (χ1) is 10.6. The quantitative estimate of drug-likeness (QED) is 0.769. The number of hydrogen-bond donors (Lipinski definition) is 3. The fraction of sp³-hybridized carbons (Fsp3) is 0.462. The molecule has 0 radical (unpaired) electrons. The van der Waals surface area contributed by atoms with Crippen LogP contribution in [0.1, 0.15) is 19.0 Å². The number of nitrogen functional groups attached to an aromatic ring is 1. The van der Waals surface area contributed by atoms with Crippen LogP contribution in [-0.4, -0.2) is 38.8 Å². The van der Waals surface area contributed by atoms with Crippen molar-refractivity contribution in [1.82, 2.24) is 20.2 Å². The van der Waals surface area contributed by atoms with Gasteiger partial charge in [0, 0.05) is 24.7 Å². The fourth-order valence-electron chi connectivity index (χ4n) is 2.52. The minimum absolute atomic E-state index is 0.0281. The minimum Gasteiger partial charge on any atom is -0.368 e. The Balaban J connectivity index is 1.94. The van der Waals surface area contributed by atoms with Gasteiger partial charge in [0.05, 0.1) is 5.69 Å². The highest BCUT2D eigenvalue weighted by atomic mass is 19.4. The van der Waals surface area contributed by atoms with Crippen LogP contribution in [0.2, 0.25) is 0 Å². The summed E-state index contributed by atoms with van der Waals surface area (Å²) in [6, 6.07) is 2.46. The average Bonchev–Trinajstić information content (AvgIpc) is 3.04. The fourth-order valence-corrected chi connectivity index (χ4v) is 2.52. The third kappa shape index (κ3) is 3.21. The molecule has 0 spiro atoms. The summed E-state index contributed by atoms with van der Waals surface area (Å²) in [6.07, 6.45) is -3.71. The summed E-state index contributed by atoms with van der Waals surface area (Å²) >= 11 is 0. The second kappa shape index (κ2) is 5.08. The Hall–Kier alpha value is -2.36. The predicted octanol–water partition coefficient (Wildman–Crippen LogP) is 1.40. The van der Waals surface area contributed by atoms with E-state index >= 15 is 0 Å². The van der Waals surface area contributed by atoms with E-state index in [1.54, 1.807) is 6.07 Å². The Bertz CT molecular complexity index is 723. The largest absolute Gasteiger partial charge is 0.432 e. The van der Waals surface area contributed by atoms with Crippen LogP contribution >= 0.6 is 0 Å². The first kappa shape index (κ1) is 15.5. The van der Waals surface area contributed by atoms with Gasteiger partial charge in [-0.2, -0.15) is 23.3 Å². The van der Waals surface area contributed by atoms with Crippen molar-refractivity contribution in [3.05, 3.63) is 17.8 Å². The maximum absolute atomic E-state index is 12.7. The molecule has 0 aliphatic carbocycles. The zero-order chi connectivity index (χ0) is 16.8. The third-order valence-electron chi connectivity index (χ3n) is 3.70. The van der Waals surface area contributed by atoms with Crippen molar-refractivity contribution >= 4 is 11.8 Å². The van der Waals surface area contributed by atoms with Gasteiger partial charge in [-0.3, -0.25) is 5.10 Å². The molecule has 0 unspecified atom stereocenters. The van der Waals surface area contributed by atoms with Crippen molar-refractivity contribution in [3.63, 3.8) is 0 Å². The summed E-state index contributed by atoms with van der Waals surface area (Å²) in [5.41, 5.74) is 10.8. The Morgan fingerprint density at radius 3 is 2.57 bits per heavy atom. The van der Waals surface area contributed by atoms with Crippen LogP contribution in [0.15, 0.2) is 12.1 Å². The Kier molecular flexibility index (Phi) is 3.43. The van der Waals surface area contributed by atoms with E-state index in [2.05, 4.69) is 15.1 Å². The topological polar surface area (TPSA) is 110 Å². The van der Waals surface area contributed by atoms with Gasteiger partial charge in [-0.25, -0.2) is 4.98 Å². The molecule has 23 heavy (non-hydrogen) atoms. The molecular weight excluding hydrogens is 311 g/mol. The minimum atomic E-state index is -4.50. The maximum atomic E-state index is 12.7. The molecule has 1 aliphatic rings. The molecule has 0 saturated carbocycles. The third-order valence-corrected chi connectivity index (χ3v) is 3.70. The number of nitrogens with zero attached hydrogens (tertiary/aromatic N) is 4. The van der Waals surface area contributed by atoms with Gasteiger partial charge >= 0.3 is 6.18 Å². The molecule has 0 aromatic carbocycles. The number of hydrogen-bond acceptors (Lipinski definition) is 6. The highest BCUT2D eigenvalue weighted by Gasteiger charge is 2.34. The second-order valence-corrected chi connectivity index (χ2v) is 5.96. The first-order valence-electron chi connectivity index (χ1n) is 6.95. The van der Waals surface area contributed by atoms with Crippen LogP contribution in [0.3, 0.4) is 0 Å². The summed E-state index contributed by atoms with van der Waals surface area (Å²) < 4.78 is 38.0. The van der Waals surface area contributed by atoms with Gasteiger partial charge in [0.25, 0.3) is 0 Å². The molecule has 3 rings (SSSR count). The molecule has 10 heteroatoms. The lowest BCUT2D eigenvalue weighted by atomic mass is 10.0. The zero-order valence-electron chi connectivity index (χ0n) is 12.4. The van der Waals surface area contributed by atoms with E-state index in [1.165, 1.54) is 0 Å². The summed E-state index contributed by atoms with van der Waals surface area (Å²) in [5, 5.41) is 5.61. The average molecular weight is 327 g/mol. The summed E-state index contributed by atoms with van der Waals surface area (Å²) in [5.74, 6) is 0.498. The monoisotopic (exact) mass is 327 g/mol. The van der Waals surface area contributed by atoms with E-state index in [-0.39, 0.29) is 22.9 Å². The van der Waals surface area contributed by atoms with Gasteiger partial charge in [0.15, 0.2) is 0 Å². The predicted molar refractivity (Wildman–Crippen MR) is 78.5 cm³/mol. The lowest BCUT2D eigenvalue weighted by molar-refractivity contribution is -0.141. The van der Waals surface area contributed by atoms with Gasteiger partial charge in [0.1, 0.15) is 17.2 Å². The number of aromatic amines is 1. The molecule has 124 valence electrons. The van der Waals surface area contributed by atoms with Crippen molar-refractivity contribution < 1.29 is 13.2 Å². The van der Waals surface area contributed by atoms with E-state index in [0.717, 1.165) is 12.5 Å². The number of anilines is 2. The van der Waals surface area contributed by atoms with Crippen LogP contribution in [0.5, 0.6) is 0 Å². The Morgan fingerprint density at radius 2 is 2.00 bits per heavy atom. The molecule has 0 amide bonds. The molecule has 0 bridgehead atoms. The summed E-state index contributed by atoms with van der Waals surface area (Å²) in [6.45, 7) is 3.20. The number of alkyl halides is 3. The molecule has 7 nitrogen and oxygen atoms in total. The van der Waals surface area contributed by atoms with E-state index in [1.807, 2.05) is 16.9 Å². The smallest absolute Gasteiger partial charge is 0.368 e. The first-order valence-corrected chi connectivity index (χ1v) is 6.95. The number of halogens is 3. The van der Waals surface area contributed by atoms with Gasteiger partial charge in [-0.1, -0.05) is 0 Å². The van der Waals surface area contributed by atoms with Crippen LogP contribution in [0.4, 0.5) is 24.9 Å². The molecule has 1 saturated heterocycles. The van der Waals surface area contributed by atoms with Crippen molar-refractivity contribution in [2.24, 2.45) is 5.73 Å². The Morgan fingerprint density at radius 1 is 1.26 bits per heavy atom.